The number of hydrogen-bond donors (Lipinski definition) is 2. The third kappa shape index (κ3) is 9.67. The van der Waals surface area contributed by atoms with Gasteiger partial charge >= 0.3 is 11.9 Å². The van der Waals surface area contributed by atoms with Crippen molar-refractivity contribution in [1.82, 2.24) is 0 Å². The molecule has 3 aromatic rings. The monoisotopic (exact) mass is 579 g/mol. The number of terminal acetylenes is 1. The van der Waals surface area contributed by atoms with Crippen LogP contribution in [0.2, 0.25) is 0 Å². The Hall–Kier alpha value is -7.78. The summed E-state index contributed by atoms with van der Waals surface area (Å²) in [7, 11) is 0. The topological polar surface area (TPSA) is 86.6 Å². The highest BCUT2D eigenvalue weighted by Crippen LogP contribution is 2.35. The van der Waals surface area contributed by atoms with E-state index >= 15 is 0 Å². The van der Waals surface area contributed by atoms with Gasteiger partial charge in [-0.1, -0.05) is 30.2 Å². The summed E-state index contributed by atoms with van der Waals surface area (Å²) in [6.45, 7) is 14.1. The molecule has 0 heterocycles. The van der Waals surface area contributed by atoms with Crippen LogP contribution in [0.1, 0.15) is 16.7 Å². The lowest BCUT2D eigenvalue weighted by molar-refractivity contribution is -0.133. The van der Waals surface area contributed by atoms with Crippen LogP contribution in [-0.2, 0) is 9.59 Å². The number of carboxylic acids is 2. The first-order valence-electron chi connectivity index (χ1n) is 12.6. The van der Waals surface area contributed by atoms with E-state index in [0.29, 0.717) is 16.7 Å². The number of benzene rings is 3. The average molecular weight is 580 g/mol. The van der Waals surface area contributed by atoms with Crippen molar-refractivity contribution in [3.63, 3.8) is 0 Å². The normalized spacial score (nSPS) is 9.44. The minimum atomic E-state index is -1.31. The van der Waals surface area contributed by atoms with Gasteiger partial charge in [0, 0.05) is 22.6 Å². The first-order chi connectivity index (χ1) is 21.9. The maximum atomic E-state index is 11.2. The first-order valence-corrected chi connectivity index (χ1v) is 12.6. The van der Waals surface area contributed by atoms with Gasteiger partial charge in [0.05, 0.1) is 13.1 Å². The first kappa shape index (κ1) is 31.7. The van der Waals surface area contributed by atoms with Crippen molar-refractivity contribution in [3.05, 3.63) is 124 Å². The Morgan fingerprint density at radius 3 is 1.31 bits per heavy atom. The molecule has 208 valence electrons. The number of rotatable bonds is 7. The van der Waals surface area contributed by atoms with Gasteiger partial charge in [0.25, 0.3) is 11.4 Å². The number of carbonyl (C=O) groups is 2. The van der Waals surface area contributed by atoms with E-state index in [-0.39, 0.29) is 0 Å². The van der Waals surface area contributed by atoms with Gasteiger partial charge in [0.15, 0.2) is 0 Å². The molecule has 0 saturated heterocycles. The third-order valence-corrected chi connectivity index (χ3v) is 5.49. The van der Waals surface area contributed by atoms with E-state index in [1.807, 2.05) is 29.2 Å². The van der Waals surface area contributed by atoms with Crippen LogP contribution in [-0.4, -0.2) is 22.2 Å². The lowest BCUT2D eigenvalue weighted by atomic mass is 10.1. The summed E-state index contributed by atoms with van der Waals surface area (Å²) in [5.74, 6) is 25.2. The van der Waals surface area contributed by atoms with E-state index in [2.05, 4.69) is 74.8 Å². The van der Waals surface area contributed by atoms with Gasteiger partial charge in [-0.2, -0.15) is 0 Å². The highest BCUT2D eigenvalue weighted by molar-refractivity contribution is 5.95. The van der Waals surface area contributed by atoms with Crippen molar-refractivity contribution >= 4 is 41.2 Å². The van der Waals surface area contributed by atoms with Crippen LogP contribution >= 0.6 is 0 Å². The largest absolute Gasteiger partial charge is 0.486 e. The van der Waals surface area contributed by atoms with E-state index in [4.69, 9.17) is 19.6 Å². The number of hydrogen-bond acceptors (Lipinski definition) is 3. The molecule has 0 spiro atoms. The fraction of sp³-hybridized carbons (Fsp3) is 0. The molecule has 2 N–H and O–H groups in total. The number of aliphatic carboxylic acids is 2. The Kier molecular flexibility index (Phi) is 11.6. The van der Waals surface area contributed by atoms with Gasteiger partial charge in [0.2, 0.25) is 0 Å². The van der Waals surface area contributed by atoms with Crippen molar-refractivity contribution in [2.24, 2.45) is 0 Å². The van der Waals surface area contributed by atoms with E-state index in [1.165, 1.54) is 12.2 Å². The standard InChI is InChI=1S/C38H17N3O4/c1-4-5-6-7-8-9-10-11-12-13-14-29-15-21-32(22-16-29)41(33-23-17-30(18-24-33)27-35(39-2)37(42)43)34-25-19-31(20-26-34)28-36(40-3)38(44)45/h1,15-28H,(H,42,43)(H,44,45)/b35-27-,36-28+. The second-order valence-electron chi connectivity index (χ2n) is 8.35. The highest BCUT2D eigenvalue weighted by atomic mass is 16.4. The summed E-state index contributed by atoms with van der Waals surface area (Å²) in [6, 6.07) is 21.2. The Bertz CT molecular complexity index is 2060. The van der Waals surface area contributed by atoms with Crippen LogP contribution in [0.25, 0.3) is 21.8 Å². The van der Waals surface area contributed by atoms with Crippen molar-refractivity contribution in [2.75, 3.05) is 4.90 Å². The molecule has 0 radical (unpaired) electrons. The van der Waals surface area contributed by atoms with Crippen molar-refractivity contribution < 1.29 is 19.8 Å². The zero-order valence-corrected chi connectivity index (χ0v) is 23.2. The van der Waals surface area contributed by atoms with E-state index in [0.717, 1.165) is 17.1 Å². The minimum absolute atomic E-state index is 0.406. The fourth-order valence-electron chi connectivity index (χ4n) is 3.54. The van der Waals surface area contributed by atoms with Crippen LogP contribution < -0.4 is 4.90 Å². The van der Waals surface area contributed by atoms with E-state index in [1.54, 1.807) is 48.5 Å². The molecule has 0 atom stereocenters. The minimum Gasteiger partial charge on any atom is -0.486 e. The quantitative estimate of drug-likeness (QED) is 0.209. The molecule has 0 aliphatic carbocycles. The molecule has 0 amide bonds. The molecule has 0 aliphatic heterocycles. The SMILES string of the molecule is [C-]#[N+]/C(=C\c1ccc(N(c2ccc(C#CC#CC#CC#CC#CC#C)cc2)c2ccc(/C=C(/[N+]#[C-])C(=O)O)cc2)cc1)C(=O)O. The molecule has 0 unspecified atom stereocenters. The van der Waals surface area contributed by atoms with Gasteiger partial charge in [-0.3, -0.25) is 9.59 Å². The predicted octanol–water partition coefficient (Wildman–Crippen LogP) is 5.84. The second-order valence-corrected chi connectivity index (χ2v) is 8.35. The number of nitrogens with zero attached hydrogens (tertiary/aromatic N) is 3. The summed E-state index contributed by atoms with van der Waals surface area (Å²) in [5.41, 5.74) is 3.16. The summed E-state index contributed by atoms with van der Waals surface area (Å²) < 4.78 is 0. The van der Waals surface area contributed by atoms with Crippen LogP contribution in [0.4, 0.5) is 17.1 Å². The lowest BCUT2D eigenvalue weighted by Crippen LogP contribution is -2.10. The molecule has 0 aromatic heterocycles. The van der Waals surface area contributed by atoms with Crippen LogP contribution in [0.3, 0.4) is 0 Å². The smallest absolute Gasteiger partial charge is 0.333 e. The molecule has 0 aliphatic rings. The maximum Gasteiger partial charge on any atom is 0.333 e. The fourth-order valence-corrected chi connectivity index (χ4v) is 3.54. The summed E-state index contributed by atoms with van der Waals surface area (Å²) >= 11 is 0. The summed E-state index contributed by atoms with van der Waals surface area (Å²) in [4.78, 5) is 30.5. The van der Waals surface area contributed by atoms with Gasteiger partial charge < -0.3 is 15.1 Å². The Morgan fingerprint density at radius 2 is 0.956 bits per heavy atom. The van der Waals surface area contributed by atoms with Crippen LogP contribution in [0, 0.1) is 84.7 Å². The van der Waals surface area contributed by atoms with Gasteiger partial charge in [-0.25, -0.2) is 9.69 Å². The van der Waals surface area contributed by atoms with Gasteiger partial charge in [0.1, 0.15) is 0 Å². The van der Waals surface area contributed by atoms with Gasteiger partial charge in [-0.05, 0) is 131 Å². The van der Waals surface area contributed by atoms with Crippen LogP contribution in [0.5, 0.6) is 0 Å². The highest BCUT2D eigenvalue weighted by Gasteiger charge is 2.14. The molecular formula is C38H17N3O4. The average Bonchev–Trinajstić information content (AvgIpc) is 3.05. The zero-order chi connectivity index (χ0) is 32.4. The Labute approximate surface area is 260 Å². The maximum absolute atomic E-state index is 11.2. The third-order valence-electron chi connectivity index (χ3n) is 5.49. The molecule has 3 aromatic carbocycles. The summed E-state index contributed by atoms with van der Waals surface area (Å²) in [5, 5.41) is 18.4. The Balaban J connectivity index is 1.96. The molecule has 0 saturated carbocycles. The van der Waals surface area contributed by atoms with Crippen LogP contribution in [0.15, 0.2) is 84.2 Å². The molecule has 7 heteroatoms. The van der Waals surface area contributed by atoms with Crippen molar-refractivity contribution in [3.8, 4) is 71.5 Å². The molecule has 3 rings (SSSR count). The second kappa shape index (κ2) is 16.5. The van der Waals surface area contributed by atoms with E-state index in [9.17, 15) is 19.8 Å². The molecule has 0 fully saturated rings. The molecule has 0 bridgehead atoms. The summed E-state index contributed by atoms with van der Waals surface area (Å²) in [6.07, 6.45) is 7.56. The molecule has 7 nitrogen and oxygen atoms in total. The van der Waals surface area contributed by atoms with E-state index < -0.39 is 23.3 Å². The van der Waals surface area contributed by atoms with Crippen molar-refractivity contribution in [2.45, 2.75) is 0 Å². The number of carboxylic acid groups (broad SMARTS) is 2. The predicted molar refractivity (Wildman–Crippen MR) is 172 cm³/mol. The molecule has 45 heavy (non-hydrogen) atoms. The lowest BCUT2D eigenvalue weighted by Gasteiger charge is -2.26. The van der Waals surface area contributed by atoms with Crippen molar-refractivity contribution in [1.29, 1.82) is 0 Å². The molecular weight excluding hydrogens is 562 g/mol. The number of anilines is 3. The Morgan fingerprint density at radius 1 is 0.600 bits per heavy atom. The zero-order valence-electron chi connectivity index (χ0n) is 23.2. The van der Waals surface area contributed by atoms with Gasteiger partial charge in [-0.15, -0.1) is 6.42 Å².